The highest BCUT2D eigenvalue weighted by atomic mass is 35.5. The summed E-state index contributed by atoms with van der Waals surface area (Å²) in [5.41, 5.74) is 6.72. The van der Waals surface area contributed by atoms with E-state index in [2.05, 4.69) is 46.6 Å². The van der Waals surface area contributed by atoms with Gasteiger partial charge in [-0.3, -0.25) is 19.4 Å². The summed E-state index contributed by atoms with van der Waals surface area (Å²) < 4.78 is 0. The number of hydrogen-bond acceptors (Lipinski definition) is 6. The van der Waals surface area contributed by atoms with E-state index in [4.69, 9.17) is 17.3 Å². The van der Waals surface area contributed by atoms with E-state index in [1.165, 1.54) is 18.7 Å². The Morgan fingerprint density at radius 2 is 2.09 bits per heavy atom. The fourth-order valence-electron chi connectivity index (χ4n) is 5.40. The number of nitrogens with two attached hydrogens (primary N) is 1. The summed E-state index contributed by atoms with van der Waals surface area (Å²) >= 11 is 6.34. The summed E-state index contributed by atoms with van der Waals surface area (Å²) in [5.74, 6) is 0.714. The van der Waals surface area contributed by atoms with Gasteiger partial charge in [-0.2, -0.15) is 5.10 Å². The average Bonchev–Trinajstić information content (AvgIpc) is 2.78. The van der Waals surface area contributed by atoms with E-state index in [9.17, 15) is 14.4 Å². The Bertz CT molecular complexity index is 1150. The minimum atomic E-state index is -0.635. The molecule has 0 aromatic carbocycles. The zero-order chi connectivity index (χ0) is 23.9. The second-order valence-electron chi connectivity index (χ2n) is 9.76. The normalized spacial score (nSPS) is 25.1. The van der Waals surface area contributed by atoms with Crippen LogP contribution in [0.2, 0.25) is 5.02 Å². The lowest BCUT2D eigenvalue weighted by Crippen LogP contribution is -2.58. The maximum atomic E-state index is 12.6. The van der Waals surface area contributed by atoms with Crippen molar-refractivity contribution in [3.05, 3.63) is 50.7 Å². The Hall–Kier alpha value is -2.94. The van der Waals surface area contributed by atoms with Crippen LogP contribution >= 0.6 is 11.6 Å². The molecule has 3 fully saturated rings. The molecule has 3 aliphatic rings. The summed E-state index contributed by atoms with van der Waals surface area (Å²) in [5, 5.41) is 12.7. The van der Waals surface area contributed by atoms with Crippen LogP contribution in [0.1, 0.15) is 55.4 Å². The van der Waals surface area contributed by atoms with E-state index in [-0.39, 0.29) is 35.6 Å². The van der Waals surface area contributed by atoms with Crippen LogP contribution < -0.4 is 21.9 Å². The van der Waals surface area contributed by atoms with Crippen molar-refractivity contribution in [2.45, 2.75) is 52.6 Å². The van der Waals surface area contributed by atoms with E-state index < -0.39 is 11.5 Å². The first-order chi connectivity index (χ1) is 15.6. The van der Waals surface area contributed by atoms with Crippen LogP contribution in [0.15, 0.2) is 23.1 Å². The molecular weight excluding hydrogens is 444 g/mol. The molecule has 5 rings (SSSR count). The highest BCUT2D eigenvalue weighted by Crippen LogP contribution is 2.61. The predicted octanol–water partition coefficient (Wildman–Crippen LogP) is 2.26. The second kappa shape index (κ2) is 8.78. The Morgan fingerprint density at radius 1 is 1.33 bits per heavy atom. The number of nitrogens with one attached hydrogen (secondary N) is 3. The van der Waals surface area contributed by atoms with Crippen molar-refractivity contribution in [3.8, 4) is 0 Å². The topological polar surface area (TPSA) is 143 Å². The molecule has 3 saturated carbocycles. The first-order valence-electron chi connectivity index (χ1n) is 11.1. The zero-order valence-corrected chi connectivity index (χ0v) is 19.7. The lowest BCUT2D eigenvalue weighted by molar-refractivity contribution is -0.120. The summed E-state index contributed by atoms with van der Waals surface area (Å²) in [7, 11) is 0. The smallest absolute Gasteiger partial charge is 0.285 e. The molecule has 3 aliphatic carbocycles. The van der Waals surface area contributed by atoms with Crippen molar-refractivity contribution < 1.29 is 9.59 Å². The molecule has 0 saturated heterocycles. The number of anilines is 1. The van der Waals surface area contributed by atoms with Gasteiger partial charge in [0.15, 0.2) is 0 Å². The second-order valence-corrected chi connectivity index (χ2v) is 10.1. The molecule has 2 heterocycles. The van der Waals surface area contributed by atoms with Gasteiger partial charge in [-0.15, -0.1) is 0 Å². The summed E-state index contributed by atoms with van der Waals surface area (Å²) in [6, 6.07) is 3.38. The molecule has 2 amide bonds. The van der Waals surface area contributed by atoms with Crippen LogP contribution in [-0.4, -0.2) is 33.0 Å². The first kappa shape index (κ1) is 23.2. The number of hydrogen-bond donors (Lipinski definition) is 4. The van der Waals surface area contributed by atoms with Crippen LogP contribution in [0.4, 0.5) is 5.69 Å². The Labute approximate surface area is 196 Å². The predicted molar refractivity (Wildman–Crippen MR) is 125 cm³/mol. The number of pyridine rings is 1. The number of aromatic amines is 1. The van der Waals surface area contributed by atoms with Crippen molar-refractivity contribution in [1.82, 2.24) is 20.5 Å². The van der Waals surface area contributed by atoms with Gasteiger partial charge in [0.1, 0.15) is 10.7 Å². The van der Waals surface area contributed by atoms with Gasteiger partial charge in [-0.05, 0) is 53.7 Å². The molecule has 2 aromatic heterocycles. The third-order valence-electron chi connectivity index (χ3n) is 7.58. The third-order valence-corrected chi connectivity index (χ3v) is 7.94. The van der Waals surface area contributed by atoms with Crippen LogP contribution in [0, 0.1) is 23.2 Å². The molecule has 9 nitrogen and oxygen atoms in total. The number of H-pyrrole nitrogens is 1. The molecule has 0 spiro atoms. The molecule has 176 valence electrons. The summed E-state index contributed by atoms with van der Waals surface area (Å²) in [4.78, 5) is 40.0. The van der Waals surface area contributed by atoms with Crippen molar-refractivity contribution in [2.75, 3.05) is 5.32 Å². The van der Waals surface area contributed by atoms with Crippen LogP contribution in [0.5, 0.6) is 0 Å². The summed E-state index contributed by atoms with van der Waals surface area (Å²) in [6.45, 7) is 7.07. The largest absolute Gasteiger partial charge is 0.379 e. The number of amides is 2. The van der Waals surface area contributed by atoms with Gasteiger partial charge < -0.3 is 16.4 Å². The van der Waals surface area contributed by atoms with E-state index >= 15 is 0 Å². The number of carbonyl (C=O) groups excluding carboxylic acids is 2. The lowest BCUT2D eigenvalue weighted by Gasteiger charge is -2.62. The van der Waals surface area contributed by atoms with Gasteiger partial charge in [-0.1, -0.05) is 32.4 Å². The van der Waals surface area contributed by atoms with E-state index in [1.54, 1.807) is 6.07 Å². The summed E-state index contributed by atoms with van der Waals surface area (Å²) in [6.07, 6.45) is 3.62. The van der Waals surface area contributed by atoms with Crippen molar-refractivity contribution in [2.24, 2.45) is 28.9 Å². The number of aromatic nitrogens is 3. The molecule has 10 heteroatoms. The highest BCUT2D eigenvalue weighted by molar-refractivity contribution is 6.33. The van der Waals surface area contributed by atoms with Gasteiger partial charge >= 0.3 is 0 Å². The zero-order valence-electron chi connectivity index (χ0n) is 18.9. The third kappa shape index (κ3) is 4.46. The molecule has 33 heavy (non-hydrogen) atoms. The van der Waals surface area contributed by atoms with E-state index in [0.717, 1.165) is 6.42 Å². The highest BCUT2D eigenvalue weighted by Gasteiger charge is 2.56. The Morgan fingerprint density at radius 3 is 2.76 bits per heavy atom. The quantitative estimate of drug-likeness (QED) is 0.486. The number of fused-ring (bicyclic) bond motifs is 2. The Kier molecular flexibility index (Phi) is 6.18. The monoisotopic (exact) mass is 472 g/mol. The number of nitrogens with zero attached hydrogens (tertiary/aromatic N) is 2. The minimum Gasteiger partial charge on any atom is -0.379 e. The van der Waals surface area contributed by atoms with Crippen molar-refractivity contribution in [1.29, 1.82) is 0 Å². The Balaban J connectivity index is 1.46. The molecule has 4 atom stereocenters. The fourth-order valence-corrected chi connectivity index (χ4v) is 5.60. The fraction of sp³-hybridized carbons (Fsp3) is 0.522. The van der Waals surface area contributed by atoms with Crippen molar-refractivity contribution in [3.63, 3.8) is 0 Å². The first-order valence-corrected chi connectivity index (χ1v) is 11.5. The van der Waals surface area contributed by atoms with E-state index in [1.807, 2.05) is 0 Å². The van der Waals surface area contributed by atoms with Gasteiger partial charge in [0.2, 0.25) is 5.91 Å². The van der Waals surface area contributed by atoms with Gasteiger partial charge in [-0.25, -0.2) is 5.10 Å². The number of rotatable bonds is 7. The number of primary amides is 1. The van der Waals surface area contributed by atoms with Gasteiger partial charge in [0.25, 0.3) is 11.5 Å². The van der Waals surface area contributed by atoms with E-state index in [0.29, 0.717) is 40.1 Å². The standard InChI is InChI=1S/C23H29ClN6O3/c1-11-14-7-13(23(14,2)3)8-15(11)28-20-16(29-30-22(33)19(20)24)9-18(31)27-10-12-4-5-26-17(6-12)21(25)32/h4-6,11,13-15H,7-10H2,1-3H3,(H2,25,32)(H,27,31)(H2,28,30,33)/t11-,13+,14-,15-/m1/s1. The molecule has 0 radical (unpaired) electrons. The molecular formula is C23H29ClN6O3. The number of halogens is 1. The molecule has 0 unspecified atom stereocenters. The molecule has 2 bridgehead atoms. The SMILES string of the molecule is C[C@@H]1[C@H]2C[C@@H](C[C@H]1Nc1c(CC(=O)NCc3ccnc(C(N)=O)c3)n[nH]c(=O)c1Cl)C2(C)C. The molecule has 0 aliphatic heterocycles. The van der Waals surface area contributed by atoms with Gasteiger partial charge in [0.05, 0.1) is 17.8 Å². The molecule has 5 N–H and O–H groups in total. The lowest BCUT2D eigenvalue weighted by atomic mass is 9.45. The van der Waals surface area contributed by atoms with Crippen molar-refractivity contribution >= 4 is 29.1 Å². The maximum Gasteiger partial charge on any atom is 0.285 e. The van der Waals surface area contributed by atoms with Crippen LogP contribution in [-0.2, 0) is 17.8 Å². The van der Waals surface area contributed by atoms with Gasteiger partial charge in [0, 0.05) is 18.8 Å². The molecule has 2 aromatic rings. The average molecular weight is 473 g/mol. The number of carbonyl (C=O) groups is 2. The maximum absolute atomic E-state index is 12.6. The van der Waals surface area contributed by atoms with Crippen LogP contribution in [0.25, 0.3) is 0 Å². The van der Waals surface area contributed by atoms with Crippen LogP contribution in [0.3, 0.4) is 0 Å². The minimum absolute atomic E-state index is 0.0127.